The molecule has 0 unspecified atom stereocenters. The Morgan fingerprint density at radius 2 is 1.94 bits per heavy atom. The van der Waals surface area contributed by atoms with Gasteiger partial charge >= 0.3 is 0 Å². The molecule has 1 aromatic heterocycles. The van der Waals surface area contributed by atoms with Gasteiger partial charge in [-0.2, -0.15) is 0 Å². The summed E-state index contributed by atoms with van der Waals surface area (Å²) >= 11 is 5.82. The van der Waals surface area contributed by atoms with Crippen molar-refractivity contribution in [1.82, 2.24) is 19.4 Å². The predicted molar refractivity (Wildman–Crippen MR) is 137 cm³/mol. The van der Waals surface area contributed by atoms with E-state index in [0.717, 1.165) is 36.5 Å². The Hall–Kier alpha value is -2.77. The van der Waals surface area contributed by atoms with E-state index in [1.54, 1.807) is 23.2 Å². The average Bonchev–Trinajstić information content (AvgIpc) is 3.22. The van der Waals surface area contributed by atoms with E-state index in [2.05, 4.69) is 11.9 Å². The van der Waals surface area contributed by atoms with Crippen molar-refractivity contribution in [2.45, 2.75) is 52.6 Å². The summed E-state index contributed by atoms with van der Waals surface area (Å²) in [6.07, 6.45) is 9.17. The number of likely N-dealkylation sites (N-methyl/N-ethyl adjacent to an activating group) is 1. The SMILES string of the molecule is CC(=O)c1cnc2n1CCN(C(=O)/C=C/CN(C)CC(=O)C1CCC1)C2.CCc1ccccc1Cl. The molecule has 4 rings (SSSR count). The lowest BCUT2D eigenvalue weighted by molar-refractivity contribution is -0.127. The van der Waals surface area contributed by atoms with Gasteiger partial charge in [0.15, 0.2) is 5.78 Å². The Labute approximate surface area is 212 Å². The molecule has 2 heterocycles. The van der Waals surface area contributed by atoms with Crippen molar-refractivity contribution in [2.75, 3.05) is 26.7 Å². The summed E-state index contributed by atoms with van der Waals surface area (Å²) < 4.78 is 1.88. The molecule has 0 saturated heterocycles. The van der Waals surface area contributed by atoms with E-state index < -0.39 is 0 Å². The van der Waals surface area contributed by atoms with Crippen LogP contribution >= 0.6 is 11.6 Å². The van der Waals surface area contributed by atoms with Crippen LogP contribution in [-0.4, -0.2) is 63.5 Å². The molecule has 35 heavy (non-hydrogen) atoms. The van der Waals surface area contributed by atoms with Crippen LogP contribution in [0.25, 0.3) is 0 Å². The normalized spacial score (nSPS) is 15.4. The van der Waals surface area contributed by atoms with Gasteiger partial charge in [-0.15, -0.1) is 0 Å². The number of benzene rings is 1. The number of carbonyl (C=O) groups excluding carboxylic acids is 3. The highest BCUT2D eigenvalue weighted by Crippen LogP contribution is 2.27. The van der Waals surface area contributed by atoms with Crippen molar-refractivity contribution in [2.24, 2.45) is 5.92 Å². The summed E-state index contributed by atoms with van der Waals surface area (Å²) in [4.78, 5) is 43.8. The molecule has 0 N–H and O–H groups in total. The fourth-order valence-corrected chi connectivity index (χ4v) is 4.41. The Morgan fingerprint density at radius 1 is 1.20 bits per heavy atom. The molecule has 1 aromatic carbocycles. The van der Waals surface area contributed by atoms with E-state index in [-0.39, 0.29) is 17.6 Å². The third kappa shape index (κ3) is 7.36. The van der Waals surface area contributed by atoms with Crippen molar-refractivity contribution in [3.8, 4) is 0 Å². The largest absolute Gasteiger partial charge is 0.330 e. The average molecular weight is 499 g/mol. The van der Waals surface area contributed by atoms with E-state index in [1.807, 2.05) is 40.8 Å². The molecule has 0 spiro atoms. The molecule has 7 nitrogen and oxygen atoms in total. The Morgan fingerprint density at radius 3 is 2.54 bits per heavy atom. The molecular weight excluding hydrogens is 464 g/mol. The lowest BCUT2D eigenvalue weighted by Crippen LogP contribution is -2.38. The van der Waals surface area contributed by atoms with Gasteiger partial charge in [0.05, 0.1) is 19.3 Å². The third-order valence-corrected chi connectivity index (χ3v) is 6.91. The summed E-state index contributed by atoms with van der Waals surface area (Å²) in [6, 6.07) is 7.91. The van der Waals surface area contributed by atoms with Gasteiger partial charge in [0.1, 0.15) is 17.3 Å². The van der Waals surface area contributed by atoms with E-state index in [4.69, 9.17) is 11.6 Å². The number of carbonyl (C=O) groups is 3. The number of Topliss-reactive ketones (excluding diaryl/α,β-unsaturated/α-hetero) is 2. The van der Waals surface area contributed by atoms with Gasteiger partial charge in [0.25, 0.3) is 0 Å². The van der Waals surface area contributed by atoms with Crippen LogP contribution in [0.5, 0.6) is 0 Å². The lowest BCUT2D eigenvalue weighted by Gasteiger charge is -2.27. The van der Waals surface area contributed by atoms with E-state index in [9.17, 15) is 14.4 Å². The molecule has 0 radical (unpaired) electrons. The van der Waals surface area contributed by atoms with E-state index in [1.165, 1.54) is 12.5 Å². The van der Waals surface area contributed by atoms with Gasteiger partial charge in [0.2, 0.25) is 5.91 Å². The van der Waals surface area contributed by atoms with Crippen molar-refractivity contribution in [1.29, 1.82) is 0 Å². The zero-order valence-corrected chi connectivity index (χ0v) is 21.6. The third-order valence-electron chi connectivity index (χ3n) is 6.54. The lowest BCUT2D eigenvalue weighted by atomic mass is 9.82. The van der Waals surface area contributed by atoms with Gasteiger partial charge in [-0.3, -0.25) is 19.3 Å². The molecule has 2 aromatic rings. The van der Waals surface area contributed by atoms with Gasteiger partial charge in [-0.1, -0.05) is 49.2 Å². The number of aromatic nitrogens is 2. The Balaban J connectivity index is 0.000000320. The van der Waals surface area contributed by atoms with E-state index in [0.29, 0.717) is 44.2 Å². The van der Waals surface area contributed by atoms with Crippen molar-refractivity contribution in [3.63, 3.8) is 0 Å². The molecular formula is C27H35ClN4O3. The summed E-state index contributed by atoms with van der Waals surface area (Å²) in [5, 5.41) is 0.875. The quantitative estimate of drug-likeness (QED) is 0.403. The Bertz CT molecular complexity index is 1070. The van der Waals surface area contributed by atoms with Gasteiger partial charge in [-0.05, 0) is 37.9 Å². The maximum atomic E-state index is 12.4. The van der Waals surface area contributed by atoms with E-state index >= 15 is 0 Å². The number of hydrogen-bond donors (Lipinski definition) is 0. The highest BCUT2D eigenvalue weighted by atomic mass is 35.5. The maximum Gasteiger partial charge on any atom is 0.246 e. The van der Waals surface area contributed by atoms with Crippen LogP contribution in [-0.2, 0) is 29.1 Å². The smallest absolute Gasteiger partial charge is 0.246 e. The molecule has 0 atom stereocenters. The monoisotopic (exact) mass is 498 g/mol. The zero-order chi connectivity index (χ0) is 25.4. The second-order valence-electron chi connectivity index (χ2n) is 9.17. The van der Waals surface area contributed by atoms with Crippen LogP contribution in [0.2, 0.25) is 5.02 Å². The summed E-state index contributed by atoms with van der Waals surface area (Å²) in [6.45, 7) is 6.19. The van der Waals surface area contributed by atoms with Crippen LogP contribution < -0.4 is 0 Å². The molecule has 2 aliphatic rings. The first-order valence-electron chi connectivity index (χ1n) is 12.3. The highest BCUT2D eigenvalue weighted by Gasteiger charge is 2.26. The predicted octanol–water partition coefficient (Wildman–Crippen LogP) is 4.19. The Kier molecular flexibility index (Phi) is 9.81. The minimum Gasteiger partial charge on any atom is -0.330 e. The van der Waals surface area contributed by atoms with Gasteiger partial charge in [0, 0.05) is 43.6 Å². The summed E-state index contributed by atoms with van der Waals surface area (Å²) in [5.74, 6) is 1.22. The second-order valence-corrected chi connectivity index (χ2v) is 9.57. The highest BCUT2D eigenvalue weighted by molar-refractivity contribution is 6.31. The number of rotatable bonds is 8. The molecule has 1 aliphatic heterocycles. The molecule has 1 amide bonds. The molecule has 1 aliphatic carbocycles. The second kappa shape index (κ2) is 12.8. The van der Waals surface area contributed by atoms with Crippen molar-refractivity contribution >= 4 is 29.1 Å². The molecule has 1 fully saturated rings. The topological polar surface area (TPSA) is 75.5 Å². The van der Waals surface area contributed by atoms with Crippen LogP contribution in [0.4, 0.5) is 0 Å². The van der Waals surface area contributed by atoms with Crippen molar-refractivity contribution in [3.05, 3.63) is 64.7 Å². The number of hydrogen-bond acceptors (Lipinski definition) is 5. The number of aryl methyl sites for hydroxylation is 1. The zero-order valence-electron chi connectivity index (χ0n) is 20.9. The minimum atomic E-state index is -0.0673. The van der Waals surface area contributed by atoms with Crippen LogP contribution in [0.3, 0.4) is 0 Å². The van der Waals surface area contributed by atoms with Gasteiger partial charge < -0.3 is 9.47 Å². The fourth-order valence-electron chi connectivity index (χ4n) is 4.14. The number of amides is 1. The molecule has 0 bridgehead atoms. The minimum absolute atomic E-state index is 0.0112. The first-order chi connectivity index (χ1) is 16.8. The fraction of sp³-hybridized carbons (Fsp3) is 0.481. The number of imidazole rings is 1. The molecule has 188 valence electrons. The van der Waals surface area contributed by atoms with Crippen LogP contribution in [0.1, 0.15) is 55.0 Å². The van der Waals surface area contributed by atoms with Crippen LogP contribution in [0, 0.1) is 5.92 Å². The number of ketones is 2. The summed E-state index contributed by atoms with van der Waals surface area (Å²) in [5.41, 5.74) is 1.82. The first-order valence-corrected chi connectivity index (χ1v) is 12.6. The number of halogens is 1. The van der Waals surface area contributed by atoms with Crippen molar-refractivity contribution < 1.29 is 14.4 Å². The number of nitrogens with zero attached hydrogens (tertiary/aromatic N) is 4. The van der Waals surface area contributed by atoms with Crippen LogP contribution in [0.15, 0.2) is 42.6 Å². The van der Waals surface area contributed by atoms with Gasteiger partial charge in [-0.25, -0.2) is 4.98 Å². The molecule has 8 heteroatoms. The summed E-state index contributed by atoms with van der Waals surface area (Å²) in [7, 11) is 1.90. The number of fused-ring (bicyclic) bond motifs is 1. The maximum absolute atomic E-state index is 12.4. The first kappa shape index (κ1) is 26.8. The standard InChI is InChI=1S/C19H26N4O3.C8H9Cl/c1-14(24)16-11-20-18-13-22(9-10-23(16)18)19(26)7-4-8-21(2)12-17(25)15-5-3-6-15;1-2-7-5-3-4-6-8(7)9/h4,7,11,15H,3,5-6,8-10,12-13H2,1-2H3;3-6H,2H2,1H3/b7-4+;. The molecule has 1 saturated carbocycles.